The summed E-state index contributed by atoms with van der Waals surface area (Å²) in [6.07, 6.45) is 3.16. The van der Waals surface area contributed by atoms with Crippen LogP contribution < -0.4 is 0 Å². The van der Waals surface area contributed by atoms with Crippen LogP contribution in [0.2, 0.25) is 5.02 Å². The normalized spacial score (nSPS) is 10.9. The number of fused-ring (bicyclic) bond motifs is 1. The molecule has 25 heavy (non-hydrogen) atoms. The van der Waals surface area contributed by atoms with Gasteiger partial charge in [-0.05, 0) is 35.2 Å². The van der Waals surface area contributed by atoms with Gasteiger partial charge in [-0.3, -0.25) is 0 Å². The minimum Gasteiger partial charge on any atom is -0.457 e. The van der Waals surface area contributed by atoms with E-state index in [0.717, 1.165) is 16.1 Å². The lowest BCUT2D eigenvalue weighted by molar-refractivity contribution is 0.0475. The molecule has 0 bridgehead atoms. The lowest BCUT2D eigenvalue weighted by Gasteiger charge is -2.05. The average molecular weight is 370 g/mol. The van der Waals surface area contributed by atoms with Gasteiger partial charge in [-0.1, -0.05) is 29.8 Å². The Labute approximate surface area is 152 Å². The number of ether oxygens (including phenoxy) is 1. The molecule has 3 heterocycles. The Morgan fingerprint density at radius 1 is 1.20 bits per heavy atom. The molecule has 0 N–H and O–H groups in total. The van der Waals surface area contributed by atoms with Crippen LogP contribution >= 0.6 is 22.9 Å². The molecule has 0 aliphatic carbocycles. The Hall–Kier alpha value is -2.70. The number of hydrogen-bond acceptors (Lipinski definition) is 5. The fourth-order valence-electron chi connectivity index (χ4n) is 2.45. The highest BCUT2D eigenvalue weighted by molar-refractivity contribution is 7.13. The van der Waals surface area contributed by atoms with Crippen molar-refractivity contribution >= 4 is 34.6 Å². The van der Waals surface area contributed by atoms with Crippen LogP contribution in [0.5, 0.6) is 0 Å². The van der Waals surface area contributed by atoms with E-state index in [9.17, 15) is 4.79 Å². The summed E-state index contributed by atoms with van der Waals surface area (Å²) in [7, 11) is 0. The van der Waals surface area contributed by atoms with Crippen LogP contribution in [0.15, 0.2) is 60.2 Å². The second-order valence-electron chi connectivity index (χ2n) is 5.30. The maximum absolute atomic E-state index is 12.4. The summed E-state index contributed by atoms with van der Waals surface area (Å²) in [6, 6.07) is 13.0. The highest BCUT2D eigenvalue weighted by Crippen LogP contribution is 2.25. The summed E-state index contributed by atoms with van der Waals surface area (Å²) in [6.45, 7) is 0.165. The predicted octanol–water partition coefficient (Wildman–Crippen LogP) is 4.47. The number of aromatic nitrogens is 3. The lowest BCUT2D eigenvalue weighted by Crippen LogP contribution is -2.06. The van der Waals surface area contributed by atoms with Gasteiger partial charge in [0.2, 0.25) is 0 Å². The van der Waals surface area contributed by atoms with Crippen LogP contribution in [0.1, 0.15) is 15.9 Å². The van der Waals surface area contributed by atoms with E-state index < -0.39 is 5.97 Å². The Morgan fingerprint density at radius 3 is 2.80 bits per heavy atom. The van der Waals surface area contributed by atoms with Gasteiger partial charge in [0, 0.05) is 11.2 Å². The first-order valence-corrected chi connectivity index (χ1v) is 8.76. The quantitative estimate of drug-likeness (QED) is 0.498. The molecule has 0 amide bonds. The van der Waals surface area contributed by atoms with Crippen molar-refractivity contribution in [3.05, 3.63) is 76.4 Å². The molecule has 0 radical (unpaired) electrons. The molecule has 1 aromatic carbocycles. The molecule has 7 heteroatoms. The molecule has 0 fully saturated rings. The van der Waals surface area contributed by atoms with E-state index in [1.165, 1.54) is 6.20 Å². The average Bonchev–Trinajstić information content (AvgIpc) is 3.30. The molecule has 5 nitrogen and oxygen atoms in total. The number of benzene rings is 1. The van der Waals surface area contributed by atoms with Gasteiger partial charge in [0.05, 0.1) is 16.8 Å². The van der Waals surface area contributed by atoms with Gasteiger partial charge < -0.3 is 4.74 Å². The third-order valence-electron chi connectivity index (χ3n) is 3.68. The van der Waals surface area contributed by atoms with Crippen LogP contribution in [-0.4, -0.2) is 20.6 Å². The number of carbonyl (C=O) groups excluding carboxylic acids is 1. The van der Waals surface area contributed by atoms with Crippen molar-refractivity contribution in [1.29, 1.82) is 0 Å². The Kier molecular flexibility index (Phi) is 4.21. The zero-order valence-corrected chi connectivity index (χ0v) is 14.5. The van der Waals surface area contributed by atoms with E-state index in [0.29, 0.717) is 16.2 Å². The SMILES string of the molecule is O=C(OCc1ccc(Cl)cc1)c1cnn2c(-c3cccs3)ccnc12. The summed E-state index contributed by atoms with van der Waals surface area (Å²) in [5.41, 5.74) is 2.57. The lowest BCUT2D eigenvalue weighted by atomic mass is 10.2. The number of halogens is 1. The summed E-state index contributed by atoms with van der Waals surface area (Å²) >= 11 is 7.45. The maximum atomic E-state index is 12.4. The number of thiophene rings is 1. The van der Waals surface area contributed by atoms with E-state index in [-0.39, 0.29) is 6.61 Å². The predicted molar refractivity (Wildman–Crippen MR) is 96.9 cm³/mol. The summed E-state index contributed by atoms with van der Waals surface area (Å²) < 4.78 is 7.04. The summed E-state index contributed by atoms with van der Waals surface area (Å²) in [5.74, 6) is -0.458. The third-order valence-corrected chi connectivity index (χ3v) is 4.82. The highest BCUT2D eigenvalue weighted by Gasteiger charge is 2.17. The molecule has 0 aliphatic rings. The Balaban J connectivity index is 1.60. The summed E-state index contributed by atoms with van der Waals surface area (Å²) in [5, 5.41) is 6.94. The monoisotopic (exact) mass is 369 g/mol. The zero-order chi connectivity index (χ0) is 17.2. The summed E-state index contributed by atoms with van der Waals surface area (Å²) in [4.78, 5) is 17.8. The second-order valence-corrected chi connectivity index (χ2v) is 6.69. The molecule has 124 valence electrons. The number of rotatable bonds is 4. The van der Waals surface area contributed by atoms with E-state index in [1.54, 1.807) is 34.2 Å². The van der Waals surface area contributed by atoms with Gasteiger partial charge in [0.25, 0.3) is 0 Å². The second kappa shape index (κ2) is 6.66. The van der Waals surface area contributed by atoms with Crippen molar-refractivity contribution in [3.8, 4) is 10.6 Å². The number of carbonyl (C=O) groups is 1. The van der Waals surface area contributed by atoms with Gasteiger partial charge >= 0.3 is 5.97 Å². The molecule has 0 aliphatic heterocycles. The molecule has 0 spiro atoms. The highest BCUT2D eigenvalue weighted by atomic mass is 35.5. The van der Waals surface area contributed by atoms with Gasteiger partial charge in [0.15, 0.2) is 5.65 Å². The third kappa shape index (κ3) is 3.14. The fourth-order valence-corrected chi connectivity index (χ4v) is 3.32. The van der Waals surface area contributed by atoms with Crippen LogP contribution in [0.4, 0.5) is 0 Å². The molecule has 0 atom stereocenters. The smallest absolute Gasteiger partial charge is 0.343 e. The van der Waals surface area contributed by atoms with Gasteiger partial charge in [-0.25, -0.2) is 14.3 Å². The first-order valence-electron chi connectivity index (χ1n) is 7.50. The molecule has 4 rings (SSSR count). The molecule has 0 saturated carbocycles. The molecule has 4 aromatic rings. The van der Waals surface area contributed by atoms with Crippen molar-refractivity contribution in [3.63, 3.8) is 0 Å². The molecule has 0 unspecified atom stereocenters. The number of hydrogen-bond donors (Lipinski definition) is 0. The minimum atomic E-state index is -0.458. The van der Waals surface area contributed by atoms with Crippen molar-refractivity contribution in [2.75, 3.05) is 0 Å². The van der Waals surface area contributed by atoms with Crippen LogP contribution in [0.25, 0.3) is 16.2 Å². The maximum Gasteiger partial charge on any atom is 0.343 e. The Bertz CT molecular complexity index is 1030. The molecular formula is C18H12ClN3O2S. The van der Waals surface area contributed by atoms with Gasteiger partial charge in [-0.2, -0.15) is 5.10 Å². The minimum absolute atomic E-state index is 0.165. The Morgan fingerprint density at radius 2 is 2.04 bits per heavy atom. The van der Waals surface area contributed by atoms with Gasteiger partial charge in [0.1, 0.15) is 12.2 Å². The van der Waals surface area contributed by atoms with E-state index in [1.807, 2.05) is 35.7 Å². The van der Waals surface area contributed by atoms with E-state index in [2.05, 4.69) is 10.1 Å². The number of esters is 1. The topological polar surface area (TPSA) is 56.5 Å². The first-order chi connectivity index (χ1) is 12.2. The molecule has 3 aromatic heterocycles. The van der Waals surface area contributed by atoms with Crippen molar-refractivity contribution in [2.45, 2.75) is 6.61 Å². The number of nitrogens with zero attached hydrogens (tertiary/aromatic N) is 3. The van der Waals surface area contributed by atoms with Crippen molar-refractivity contribution in [1.82, 2.24) is 14.6 Å². The fraction of sp³-hybridized carbons (Fsp3) is 0.0556. The standard InChI is InChI=1S/C18H12ClN3O2S/c19-13-5-3-12(4-6-13)11-24-18(23)14-10-21-22-15(7-8-20-17(14)22)16-2-1-9-25-16/h1-10H,11H2. The van der Waals surface area contributed by atoms with Crippen LogP contribution in [0, 0.1) is 0 Å². The van der Waals surface area contributed by atoms with E-state index >= 15 is 0 Å². The zero-order valence-electron chi connectivity index (χ0n) is 12.9. The van der Waals surface area contributed by atoms with Crippen molar-refractivity contribution < 1.29 is 9.53 Å². The van der Waals surface area contributed by atoms with E-state index in [4.69, 9.17) is 16.3 Å². The van der Waals surface area contributed by atoms with Crippen LogP contribution in [-0.2, 0) is 11.3 Å². The van der Waals surface area contributed by atoms with Crippen molar-refractivity contribution in [2.24, 2.45) is 0 Å². The molecular weight excluding hydrogens is 358 g/mol. The largest absolute Gasteiger partial charge is 0.457 e. The van der Waals surface area contributed by atoms with Crippen LogP contribution in [0.3, 0.4) is 0 Å². The molecule has 0 saturated heterocycles. The van der Waals surface area contributed by atoms with Gasteiger partial charge in [-0.15, -0.1) is 11.3 Å². The first kappa shape index (κ1) is 15.8.